The van der Waals surface area contributed by atoms with Crippen molar-refractivity contribution in [2.75, 3.05) is 25.1 Å². The maximum absolute atomic E-state index is 13.5. The molecule has 1 unspecified atom stereocenters. The summed E-state index contributed by atoms with van der Waals surface area (Å²) in [6.45, 7) is 0.882. The Morgan fingerprint density at radius 3 is 2.24 bits per heavy atom. The largest absolute Gasteiger partial charge is 0.493 e. The van der Waals surface area contributed by atoms with Crippen molar-refractivity contribution in [1.82, 2.24) is 5.32 Å². The van der Waals surface area contributed by atoms with Gasteiger partial charge in [-0.3, -0.25) is 9.10 Å². The third kappa shape index (κ3) is 6.47. The van der Waals surface area contributed by atoms with Gasteiger partial charge in [-0.25, -0.2) is 8.42 Å². The fourth-order valence-electron chi connectivity index (χ4n) is 3.54. The van der Waals surface area contributed by atoms with Gasteiger partial charge in [0.15, 0.2) is 11.5 Å². The molecule has 0 radical (unpaired) electrons. The molecular weight excluding hydrogens is 533 g/mol. The molecular formula is C25H24ClF3N2O5S. The lowest BCUT2D eigenvalue weighted by molar-refractivity contribution is -0.137. The Kier molecular flexibility index (Phi) is 8.60. The molecule has 0 saturated carbocycles. The van der Waals surface area contributed by atoms with Gasteiger partial charge in [0.1, 0.15) is 6.54 Å². The summed E-state index contributed by atoms with van der Waals surface area (Å²) in [5, 5.41) is 2.08. The molecule has 1 N–H and O–H groups in total. The average Bonchev–Trinajstić information content (AvgIpc) is 2.87. The summed E-state index contributed by atoms with van der Waals surface area (Å²) in [5.74, 6) is 0.161. The number of nitrogens with one attached hydrogen (secondary N) is 1. The van der Waals surface area contributed by atoms with Crippen molar-refractivity contribution in [2.24, 2.45) is 0 Å². The quantitative estimate of drug-likeness (QED) is 0.379. The molecule has 0 heterocycles. The summed E-state index contributed by atoms with van der Waals surface area (Å²) in [7, 11) is -1.48. The molecule has 0 aliphatic rings. The minimum Gasteiger partial charge on any atom is -0.493 e. The van der Waals surface area contributed by atoms with Crippen LogP contribution in [0, 0.1) is 0 Å². The topological polar surface area (TPSA) is 84.9 Å². The van der Waals surface area contributed by atoms with Gasteiger partial charge in [-0.05, 0) is 55.0 Å². The van der Waals surface area contributed by atoms with Crippen LogP contribution in [0.15, 0.2) is 71.6 Å². The van der Waals surface area contributed by atoms with E-state index in [1.807, 2.05) is 0 Å². The Labute approximate surface area is 217 Å². The maximum atomic E-state index is 13.5. The predicted molar refractivity (Wildman–Crippen MR) is 134 cm³/mol. The summed E-state index contributed by atoms with van der Waals surface area (Å²) in [5.41, 5.74) is -0.956. The number of hydrogen-bond donors (Lipinski definition) is 1. The second-order valence-corrected chi connectivity index (χ2v) is 10.2. The second kappa shape index (κ2) is 11.3. The van der Waals surface area contributed by atoms with Crippen LogP contribution in [0.1, 0.15) is 24.1 Å². The van der Waals surface area contributed by atoms with E-state index in [9.17, 15) is 26.4 Å². The van der Waals surface area contributed by atoms with Gasteiger partial charge >= 0.3 is 6.18 Å². The Bertz CT molecular complexity index is 1370. The van der Waals surface area contributed by atoms with Crippen LogP contribution in [-0.2, 0) is 21.0 Å². The van der Waals surface area contributed by atoms with E-state index in [4.69, 9.17) is 21.1 Å². The maximum Gasteiger partial charge on any atom is 0.417 e. The molecule has 0 aromatic heterocycles. The van der Waals surface area contributed by atoms with Gasteiger partial charge in [-0.1, -0.05) is 35.9 Å². The van der Waals surface area contributed by atoms with Crippen LogP contribution >= 0.6 is 11.6 Å². The Morgan fingerprint density at radius 1 is 1.00 bits per heavy atom. The number of carbonyl (C=O) groups is 1. The van der Waals surface area contributed by atoms with E-state index in [1.165, 1.54) is 38.5 Å². The number of amides is 1. The molecule has 3 aromatic rings. The van der Waals surface area contributed by atoms with E-state index < -0.39 is 45.3 Å². The van der Waals surface area contributed by atoms with Crippen molar-refractivity contribution >= 4 is 33.2 Å². The number of alkyl halides is 3. The fraction of sp³-hybridized carbons (Fsp3) is 0.240. The molecule has 0 spiro atoms. The molecule has 0 fully saturated rings. The molecule has 0 bridgehead atoms. The van der Waals surface area contributed by atoms with Crippen molar-refractivity contribution in [2.45, 2.75) is 24.0 Å². The van der Waals surface area contributed by atoms with Crippen LogP contribution in [0.5, 0.6) is 11.5 Å². The first-order chi connectivity index (χ1) is 17.4. The SMILES string of the molecule is COc1ccc(C(C)NC(=O)CN(c2ccc(Cl)c(C(F)(F)F)c2)S(=O)(=O)c2ccccc2)cc1OC. The summed E-state index contributed by atoms with van der Waals surface area (Å²) in [6.07, 6.45) is -4.83. The number of nitrogens with zero attached hydrogens (tertiary/aromatic N) is 1. The monoisotopic (exact) mass is 556 g/mol. The number of anilines is 1. The molecule has 198 valence electrons. The van der Waals surface area contributed by atoms with Gasteiger partial charge in [0.25, 0.3) is 10.0 Å². The van der Waals surface area contributed by atoms with Gasteiger partial charge in [0, 0.05) is 0 Å². The van der Waals surface area contributed by atoms with Crippen molar-refractivity contribution < 1.29 is 35.9 Å². The summed E-state index contributed by atoms with van der Waals surface area (Å²) in [6, 6.07) is 14.1. The van der Waals surface area contributed by atoms with E-state index in [1.54, 1.807) is 31.2 Å². The van der Waals surface area contributed by atoms with E-state index in [2.05, 4.69) is 5.32 Å². The Hall–Kier alpha value is -3.44. The fourth-order valence-corrected chi connectivity index (χ4v) is 5.20. The molecule has 3 rings (SSSR count). The molecule has 0 aliphatic carbocycles. The molecule has 7 nitrogen and oxygen atoms in total. The second-order valence-electron chi connectivity index (χ2n) is 7.89. The molecule has 1 amide bonds. The zero-order chi connectivity index (χ0) is 27.4. The zero-order valence-electron chi connectivity index (χ0n) is 20.0. The number of sulfonamides is 1. The molecule has 0 saturated heterocycles. The molecule has 12 heteroatoms. The zero-order valence-corrected chi connectivity index (χ0v) is 21.6. The van der Waals surface area contributed by atoms with E-state index >= 15 is 0 Å². The van der Waals surface area contributed by atoms with E-state index in [0.29, 0.717) is 27.4 Å². The number of benzene rings is 3. The highest BCUT2D eigenvalue weighted by molar-refractivity contribution is 7.92. The van der Waals surface area contributed by atoms with E-state index in [-0.39, 0.29) is 10.6 Å². The first-order valence-electron chi connectivity index (χ1n) is 10.8. The highest BCUT2D eigenvalue weighted by Gasteiger charge is 2.35. The van der Waals surface area contributed by atoms with Crippen molar-refractivity contribution in [3.63, 3.8) is 0 Å². The minimum absolute atomic E-state index is 0.195. The minimum atomic E-state index is -4.83. The van der Waals surface area contributed by atoms with Gasteiger partial charge in [0.05, 0.1) is 41.4 Å². The third-order valence-electron chi connectivity index (χ3n) is 5.45. The Morgan fingerprint density at radius 2 is 1.65 bits per heavy atom. The summed E-state index contributed by atoms with van der Waals surface area (Å²) < 4.78 is 78.4. The lowest BCUT2D eigenvalue weighted by Crippen LogP contribution is -2.41. The van der Waals surface area contributed by atoms with Crippen molar-refractivity contribution in [3.8, 4) is 11.5 Å². The lowest BCUT2D eigenvalue weighted by Gasteiger charge is -2.26. The van der Waals surface area contributed by atoms with Crippen molar-refractivity contribution in [3.05, 3.63) is 82.9 Å². The van der Waals surface area contributed by atoms with Crippen molar-refractivity contribution in [1.29, 1.82) is 0 Å². The first kappa shape index (κ1) is 28.1. The van der Waals surface area contributed by atoms with E-state index in [0.717, 1.165) is 12.1 Å². The van der Waals surface area contributed by atoms with Crippen LogP contribution in [0.4, 0.5) is 18.9 Å². The molecule has 1 atom stereocenters. The Balaban J connectivity index is 1.96. The number of methoxy groups -OCH3 is 2. The lowest BCUT2D eigenvalue weighted by atomic mass is 10.1. The predicted octanol–water partition coefficient (Wildman–Crippen LogP) is 5.45. The van der Waals surface area contributed by atoms with Crippen LogP contribution < -0.4 is 19.1 Å². The molecule has 0 aliphatic heterocycles. The average molecular weight is 557 g/mol. The van der Waals surface area contributed by atoms with Crippen LogP contribution in [-0.4, -0.2) is 35.1 Å². The number of hydrogen-bond acceptors (Lipinski definition) is 5. The number of rotatable bonds is 9. The van der Waals surface area contributed by atoms with Crippen LogP contribution in [0.2, 0.25) is 5.02 Å². The van der Waals surface area contributed by atoms with Crippen LogP contribution in [0.25, 0.3) is 0 Å². The molecule has 3 aromatic carbocycles. The highest BCUT2D eigenvalue weighted by atomic mass is 35.5. The first-order valence-corrected chi connectivity index (χ1v) is 12.7. The standard InChI is InChI=1S/C25H24ClF3N2O5S/c1-16(17-9-12-22(35-2)23(13-17)36-3)30-24(32)15-31(37(33,34)19-7-5-4-6-8-19)18-10-11-21(26)20(14-18)25(27,28)29/h4-14,16H,15H2,1-3H3,(H,30,32). The molecule has 37 heavy (non-hydrogen) atoms. The van der Waals surface area contributed by atoms with Gasteiger partial charge in [-0.15, -0.1) is 0 Å². The van der Waals surface area contributed by atoms with Gasteiger partial charge in [-0.2, -0.15) is 13.2 Å². The highest BCUT2D eigenvalue weighted by Crippen LogP contribution is 2.38. The number of halogens is 4. The van der Waals surface area contributed by atoms with Crippen LogP contribution in [0.3, 0.4) is 0 Å². The number of ether oxygens (including phenoxy) is 2. The summed E-state index contributed by atoms with van der Waals surface area (Å²) in [4.78, 5) is 12.8. The number of carbonyl (C=O) groups excluding carboxylic acids is 1. The smallest absolute Gasteiger partial charge is 0.417 e. The third-order valence-corrected chi connectivity index (χ3v) is 7.56. The summed E-state index contributed by atoms with van der Waals surface area (Å²) >= 11 is 5.72. The van der Waals surface area contributed by atoms with Gasteiger partial charge in [0.2, 0.25) is 5.91 Å². The normalized spacial score (nSPS) is 12.5. The van der Waals surface area contributed by atoms with Gasteiger partial charge < -0.3 is 14.8 Å².